The van der Waals surface area contributed by atoms with E-state index < -0.39 is 30.7 Å². The zero-order valence-corrected chi connectivity index (χ0v) is 6.84. The third kappa shape index (κ3) is 4.09. The molecule has 0 aromatic rings. The summed E-state index contributed by atoms with van der Waals surface area (Å²) in [6.07, 6.45) is -8.25. The van der Waals surface area contributed by atoms with Crippen LogP contribution in [0.2, 0.25) is 0 Å². The minimum Gasteiger partial charge on any atom is -0.468 e. The summed E-state index contributed by atoms with van der Waals surface area (Å²) in [6, 6.07) is -1.46. The van der Waals surface area contributed by atoms with Crippen molar-refractivity contribution in [3.63, 3.8) is 0 Å². The molecule has 0 spiro atoms. The molecule has 0 heterocycles. The van der Waals surface area contributed by atoms with Gasteiger partial charge in [0.1, 0.15) is 6.04 Å². The van der Waals surface area contributed by atoms with Gasteiger partial charge < -0.3 is 15.6 Å². The summed E-state index contributed by atoms with van der Waals surface area (Å²) in [5.74, 6) is -0.983. The Morgan fingerprint density at radius 2 is 2.08 bits per heavy atom. The number of alkyl halides is 3. The van der Waals surface area contributed by atoms with Crippen LogP contribution < -0.4 is 5.73 Å². The first kappa shape index (κ1) is 12.2. The lowest BCUT2D eigenvalue weighted by atomic mass is 10.1. The fourth-order valence-electron chi connectivity index (χ4n) is 0.622. The lowest BCUT2D eigenvalue weighted by Gasteiger charge is -2.17. The number of esters is 1. The van der Waals surface area contributed by atoms with Gasteiger partial charge in [-0.05, 0) is 0 Å². The van der Waals surface area contributed by atoms with E-state index in [2.05, 4.69) is 4.74 Å². The van der Waals surface area contributed by atoms with E-state index in [1.165, 1.54) is 0 Å². The zero-order chi connectivity index (χ0) is 10.6. The summed E-state index contributed by atoms with van der Waals surface area (Å²) in [7, 11) is 1.00. The van der Waals surface area contributed by atoms with Crippen molar-refractivity contribution in [2.45, 2.75) is 24.7 Å². The zero-order valence-electron chi connectivity index (χ0n) is 6.84. The van der Waals surface area contributed by atoms with E-state index in [0.717, 1.165) is 7.11 Å². The number of hydrogen-bond donors (Lipinski definition) is 2. The smallest absolute Gasteiger partial charge is 0.414 e. The second kappa shape index (κ2) is 4.43. The van der Waals surface area contributed by atoms with E-state index in [1.807, 2.05) is 0 Å². The normalized spacial score (nSPS) is 16.5. The second-order valence-electron chi connectivity index (χ2n) is 2.42. The molecular formula is C6H10F3NO3. The predicted octanol–water partition coefficient (Wildman–Crippen LogP) is -0.200. The largest absolute Gasteiger partial charge is 0.468 e. The minimum atomic E-state index is -4.76. The van der Waals surface area contributed by atoms with Gasteiger partial charge in [0.15, 0.2) is 6.10 Å². The van der Waals surface area contributed by atoms with Crippen LogP contribution in [0.3, 0.4) is 0 Å². The number of carbonyl (C=O) groups is 1. The maximum atomic E-state index is 11.7. The van der Waals surface area contributed by atoms with Gasteiger partial charge in [-0.2, -0.15) is 13.2 Å². The van der Waals surface area contributed by atoms with Crippen LogP contribution in [0.25, 0.3) is 0 Å². The maximum Gasteiger partial charge on any atom is 0.414 e. The molecule has 0 aliphatic heterocycles. The third-order valence-corrected chi connectivity index (χ3v) is 1.36. The van der Waals surface area contributed by atoms with Gasteiger partial charge in [-0.25, -0.2) is 0 Å². The quantitative estimate of drug-likeness (QED) is 0.620. The highest BCUT2D eigenvalue weighted by Crippen LogP contribution is 2.22. The summed E-state index contributed by atoms with van der Waals surface area (Å²) in [5, 5.41) is 8.49. The topological polar surface area (TPSA) is 72.5 Å². The number of nitrogens with two attached hydrogens (primary N) is 1. The molecule has 13 heavy (non-hydrogen) atoms. The summed E-state index contributed by atoms with van der Waals surface area (Å²) in [4.78, 5) is 10.5. The van der Waals surface area contributed by atoms with Crippen LogP contribution in [0.5, 0.6) is 0 Å². The Morgan fingerprint density at radius 1 is 1.62 bits per heavy atom. The number of aliphatic hydroxyl groups excluding tert-OH is 1. The van der Waals surface area contributed by atoms with Crippen LogP contribution in [-0.4, -0.2) is 36.5 Å². The van der Waals surface area contributed by atoms with Crippen LogP contribution in [0.15, 0.2) is 0 Å². The van der Waals surface area contributed by atoms with E-state index >= 15 is 0 Å². The first-order valence-corrected chi connectivity index (χ1v) is 3.37. The lowest BCUT2D eigenvalue weighted by Crippen LogP contribution is -2.40. The van der Waals surface area contributed by atoms with Crippen molar-refractivity contribution >= 4 is 5.97 Å². The molecule has 0 aromatic heterocycles. The van der Waals surface area contributed by atoms with Crippen molar-refractivity contribution < 1.29 is 27.8 Å². The fourth-order valence-corrected chi connectivity index (χ4v) is 0.622. The van der Waals surface area contributed by atoms with Gasteiger partial charge in [0.2, 0.25) is 0 Å². The summed E-state index contributed by atoms with van der Waals surface area (Å²) in [6.45, 7) is 0. The molecule has 4 nitrogen and oxygen atoms in total. The number of aliphatic hydroxyl groups is 1. The molecule has 0 saturated carbocycles. The molecule has 2 unspecified atom stereocenters. The van der Waals surface area contributed by atoms with Gasteiger partial charge in [-0.15, -0.1) is 0 Å². The molecule has 0 aliphatic carbocycles. The summed E-state index contributed by atoms with van der Waals surface area (Å²) < 4.78 is 39.2. The molecule has 78 valence electrons. The van der Waals surface area contributed by atoms with Crippen LogP contribution in [0.4, 0.5) is 13.2 Å². The second-order valence-corrected chi connectivity index (χ2v) is 2.42. The molecule has 0 amide bonds. The van der Waals surface area contributed by atoms with Crippen molar-refractivity contribution in [2.24, 2.45) is 5.73 Å². The third-order valence-electron chi connectivity index (χ3n) is 1.36. The molecule has 0 saturated heterocycles. The van der Waals surface area contributed by atoms with Crippen LogP contribution in [0, 0.1) is 0 Å². The monoisotopic (exact) mass is 201 g/mol. The molecule has 0 aliphatic rings. The van der Waals surface area contributed by atoms with E-state index in [9.17, 15) is 18.0 Å². The van der Waals surface area contributed by atoms with E-state index in [4.69, 9.17) is 10.8 Å². The lowest BCUT2D eigenvalue weighted by molar-refractivity contribution is -0.207. The molecule has 0 radical (unpaired) electrons. The van der Waals surface area contributed by atoms with Crippen molar-refractivity contribution in [3.05, 3.63) is 0 Å². The van der Waals surface area contributed by atoms with Crippen LogP contribution >= 0.6 is 0 Å². The van der Waals surface area contributed by atoms with Crippen molar-refractivity contribution in [2.75, 3.05) is 7.11 Å². The predicted molar refractivity (Wildman–Crippen MR) is 36.7 cm³/mol. The molecule has 7 heteroatoms. The average Bonchev–Trinajstić information content (AvgIpc) is 2.01. The fraction of sp³-hybridized carbons (Fsp3) is 0.833. The Hall–Kier alpha value is -0.820. The van der Waals surface area contributed by atoms with Gasteiger partial charge in [0.05, 0.1) is 7.11 Å². The van der Waals surface area contributed by atoms with Crippen LogP contribution in [0.1, 0.15) is 6.42 Å². The Kier molecular flexibility index (Phi) is 4.15. The molecular weight excluding hydrogens is 191 g/mol. The van der Waals surface area contributed by atoms with E-state index in [0.29, 0.717) is 0 Å². The summed E-state index contributed by atoms with van der Waals surface area (Å²) in [5.41, 5.74) is 4.99. The number of rotatable bonds is 3. The number of carbonyl (C=O) groups excluding carboxylic acids is 1. The van der Waals surface area contributed by atoms with Crippen molar-refractivity contribution in [1.82, 2.24) is 0 Å². The molecule has 0 aromatic carbocycles. The number of halogens is 3. The first-order chi connectivity index (χ1) is 5.79. The Balaban J connectivity index is 4.06. The molecule has 0 rings (SSSR count). The van der Waals surface area contributed by atoms with E-state index in [1.54, 1.807) is 0 Å². The highest BCUT2D eigenvalue weighted by molar-refractivity contribution is 5.75. The molecule has 3 N–H and O–H groups in total. The molecule has 0 bridgehead atoms. The van der Waals surface area contributed by atoms with Gasteiger partial charge in [-0.1, -0.05) is 0 Å². The van der Waals surface area contributed by atoms with Gasteiger partial charge in [0, 0.05) is 6.42 Å². The van der Waals surface area contributed by atoms with Gasteiger partial charge in [-0.3, -0.25) is 4.79 Å². The van der Waals surface area contributed by atoms with Crippen molar-refractivity contribution in [1.29, 1.82) is 0 Å². The van der Waals surface area contributed by atoms with Crippen LogP contribution in [-0.2, 0) is 9.53 Å². The SMILES string of the molecule is COC(=O)C(N)CC(O)C(F)(F)F. The Morgan fingerprint density at radius 3 is 2.38 bits per heavy atom. The minimum absolute atomic E-state index is 0.893. The standard InChI is InChI=1S/C6H10F3NO3/c1-13-5(12)3(10)2-4(11)6(7,8)9/h3-4,11H,2,10H2,1H3. The van der Waals surface area contributed by atoms with E-state index in [-0.39, 0.29) is 0 Å². The summed E-state index contributed by atoms with van der Waals surface area (Å²) >= 11 is 0. The Labute approximate surface area is 72.5 Å². The van der Waals surface area contributed by atoms with Gasteiger partial charge >= 0.3 is 12.1 Å². The molecule has 2 atom stereocenters. The average molecular weight is 201 g/mol. The first-order valence-electron chi connectivity index (χ1n) is 3.37. The number of ether oxygens (including phenoxy) is 1. The Bertz CT molecular complexity index is 182. The number of hydrogen-bond acceptors (Lipinski definition) is 4. The number of methoxy groups -OCH3 is 1. The highest BCUT2D eigenvalue weighted by atomic mass is 19.4. The molecule has 0 fully saturated rings. The van der Waals surface area contributed by atoms with Gasteiger partial charge in [0.25, 0.3) is 0 Å². The highest BCUT2D eigenvalue weighted by Gasteiger charge is 2.40. The van der Waals surface area contributed by atoms with Crippen molar-refractivity contribution in [3.8, 4) is 0 Å². The maximum absolute atomic E-state index is 11.7.